The number of pyridine rings is 1. The van der Waals surface area contributed by atoms with Gasteiger partial charge in [0.25, 0.3) is 0 Å². The minimum atomic E-state index is -1.27. The summed E-state index contributed by atoms with van der Waals surface area (Å²) >= 11 is 0. The van der Waals surface area contributed by atoms with Crippen LogP contribution in [0, 0.1) is 0 Å². The van der Waals surface area contributed by atoms with Gasteiger partial charge in [-0.1, -0.05) is 6.07 Å². The Bertz CT molecular complexity index is 1220. The van der Waals surface area contributed by atoms with Gasteiger partial charge in [-0.3, -0.25) is 4.79 Å². The van der Waals surface area contributed by atoms with Crippen LogP contribution in [-0.4, -0.2) is 43.4 Å². The third-order valence-corrected chi connectivity index (χ3v) is 4.89. The van der Waals surface area contributed by atoms with Crippen LogP contribution in [0.15, 0.2) is 41.6 Å². The van der Waals surface area contributed by atoms with Gasteiger partial charge in [0.15, 0.2) is 0 Å². The Morgan fingerprint density at radius 1 is 1.24 bits per heavy atom. The molecule has 0 fully saturated rings. The molecule has 3 rings (SSSR count). The number of aryl methyl sites for hydroxylation is 2. The molecule has 0 aliphatic heterocycles. The number of carboxylic acid groups (broad SMARTS) is 1. The van der Waals surface area contributed by atoms with Gasteiger partial charge in [-0.15, -0.1) is 0 Å². The van der Waals surface area contributed by atoms with Crippen molar-refractivity contribution in [2.24, 2.45) is 7.05 Å². The van der Waals surface area contributed by atoms with Gasteiger partial charge in [-0.25, -0.2) is 14.6 Å². The molecule has 1 aromatic carbocycles. The van der Waals surface area contributed by atoms with Crippen molar-refractivity contribution >= 4 is 28.9 Å². The van der Waals surface area contributed by atoms with E-state index in [0.29, 0.717) is 42.9 Å². The molecule has 0 aliphatic rings. The number of fused-ring (bicyclic) bond motifs is 1. The summed E-state index contributed by atoms with van der Waals surface area (Å²) < 4.78 is 8.81. The number of alkyl carbamates (subject to hydrolysis) is 1. The van der Waals surface area contributed by atoms with Crippen LogP contribution in [-0.2, 0) is 24.9 Å². The number of carbonyl (C=O) groups excluding carboxylic acids is 1. The average Bonchev–Trinajstić information content (AvgIpc) is 3.14. The second kappa shape index (κ2) is 9.76. The number of nitrogens with zero attached hydrogens (tertiary/aromatic N) is 3. The highest BCUT2D eigenvalue weighted by atomic mass is 16.6. The molecule has 2 heterocycles. The Morgan fingerprint density at radius 2 is 2.00 bits per heavy atom. The van der Waals surface area contributed by atoms with Crippen LogP contribution in [0.1, 0.15) is 43.1 Å². The topological polar surface area (TPSA) is 127 Å². The fourth-order valence-corrected chi connectivity index (χ4v) is 3.35. The highest BCUT2D eigenvalue weighted by Gasteiger charge is 2.17. The monoisotopic (exact) mass is 455 g/mol. The minimum absolute atomic E-state index is 0.290. The van der Waals surface area contributed by atoms with E-state index in [9.17, 15) is 19.5 Å². The first-order chi connectivity index (χ1) is 15.5. The largest absolute Gasteiger partial charge is 0.477 e. The van der Waals surface area contributed by atoms with Crippen LogP contribution >= 0.6 is 0 Å². The maximum atomic E-state index is 12.7. The summed E-state index contributed by atoms with van der Waals surface area (Å²) in [5.41, 5.74) is 0.134. The standard InChI is InChI=1S/C23H29N5O5/c1-23(2,3)33-22(32)25-8-5-10-28-14-17(20(30)31)19(29)16-7-6-15(12-18(16)28)13-26-21-24-9-11-27(21)4/h6-7,9,11-12,14H,5,8,10,13H2,1-4H3,(H,24,26)(H,25,32)(H,30,31). The zero-order valence-electron chi connectivity index (χ0n) is 19.2. The third kappa shape index (κ3) is 6.12. The Labute approximate surface area is 191 Å². The zero-order valence-corrected chi connectivity index (χ0v) is 19.2. The predicted molar refractivity (Wildman–Crippen MR) is 125 cm³/mol. The van der Waals surface area contributed by atoms with Gasteiger partial charge in [0, 0.05) is 50.7 Å². The average molecular weight is 456 g/mol. The highest BCUT2D eigenvalue weighted by molar-refractivity contribution is 5.92. The molecule has 3 aromatic rings. The molecule has 2 aromatic heterocycles. The molecular formula is C23H29N5O5. The van der Waals surface area contributed by atoms with Crippen LogP contribution < -0.4 is 16.1 Å². The van der Waals surface area contributed by atoms with E-state index in [0.717, 1.165) is 5.56 Å². The number of hydrogen-bond donors (Lipinski definition) is 3. The van der Waals surface area contributed by atoms with Crippen LogP contribution in [0.4, 0.5) is 10.7 Å². The number of amides is 1. The first-order valence-corrected chi connectivity index (χ1v) is 10.6. The molecule has 0 unspecified atom stereocenters. The van der Waals surface area contributed by atoms with Crippen LogP contribution in [0.5, 0.6) is 0 Å². The zero-order chi connectivity index (χ0) is 24.2. The number of aromatic nitrogens is 3. The number of benzene rings is 1. The number of ether oxygens (including phenoxy) is 1. The van der Waals surface area contributed by atoms with Gasteiger partial charge in [0.1, 0.15) is 11.2 Å². The number of carbonyl (C=O) groups is 2. The molecule has 10 heteroatoms. The summed E-state index contributed by atoms with van der Waals surface area (Å²) in [7, 11) is 1.88. The number of rotatable bonds is 8. The van der Waals surface area contributed by atoms with Crippen molar-refractivity contribution in [2.45, 2.75) is 45.9 Å². The Morgan fingerprint density at radius 3 is 2.64 bits per heavy atom. The van der Waals surface area contributed by atoms with Crippen LogP contribution in [0.25, 0.3) is 10.9 Å². The van der Waals surface area contributed by atoms with Crippen molar-refractivity contribution in [3.05, 3.63) is 58.1 Å². The lowest BCUT2D eigenvalue weighted by atomic mass is 10.1. The number of aromatic carboxylic acids is 1. The summed E-state index contributed by atoms with van der Waals surface area (Å²) in [5.74, 6) is -0.565. The van der Waals surface area contributed by atoms with E-state index < -0.39 is 23.1 Å². The van der Waals surface area contributed by atoms with Gasteiger partial charge < -0.3 is 29.6 Å². The number of hydrogen-bond acceptors (Lipinski definition) is 6. The maximum absolute atomic E-state index is 12.7. The Kier molecular flexibility index (Phi) is 7.05. The molecule has 0 saturated heterocycles. The minimum Gasteiger partial charge on any atom is -0.477 e. The molecule has 1 amide bonds. The molecule has 0 aliphatic carbocycles. The molecule has 176 valence electrons. The van der Waals surface area contributed by atoms with Gasteiger partial charge in [-0.05, 0) is 44.9 Å². The summed E-state index contributed by atoms with van der Waals surface area (Å²) in [4.78, 5) is 40.3. The number of carboxylic acids is 1. The first kappa shape index (κ1) is 23.8. The predicted octanol–water partition coefficient (Wildman–Crippen LogP) is 2.96. The highest BCUT2D eigenvalue weighted by Crippen LogP contribution is 2.17. The summed E-state index contributed by atoms with van der Waals surface area (Å²) in [6, 6.07) is 5.30. The van der Waals surface area contributed by atoms with Gasteiger partial charge in [0.2, 0.25) is 11.4 Å². The van der Waals surface area contributed by atoms with Gasteiger partial charge in [0.05, 0.1) is 5.52 Å². The lowest BCUT2D eigenvalue weighted by Crippen LogP contribution is -2.33. The van der Waals surface area contributed by atoms with Crippen molar-refractivity contribution in [1.82, 2.24) is 19.4 Å². The molecule has 0 atom stereocenters. The van der Waals surface area contributed by atoms with E-state index >= 15 is 0 Å². The van der Waals surface area contributed by atoms with Crippen LogP contribution in [0.2, 0.25) is 0 Å². The third-order valence-electron chi connectivity index (χ3n) is 4.89. The molecule has 0 bridgehead atoms. The van der Waals surface area contributed by atoms with Crippen molar-refractivity contribution in [2.75, 3.05) is 11.9 Å². The summed E-state index contributed by atoms with van der Waals surface area (Å²) in [6.45, 7) is 6.58. The maximum Gasteiger partial charge on any atom is 0.407 e. The molecule has 33 heavy (non-hydrogen) atoms. The molecule has 0 radical (unpaired) electrons. The van der Waals surface area contributed by atoms with E-state index in [1.54, 1.807) is 43.7 Å². The first-order valence-electron chi connectivity index (χ1n) is 10.6. The van der Waals surface area contributed by atoms with Crippen molar-refractivity contribution in [3.8, 4) is 0 Å². The quantitative estimate of drug-likeness (QED) is 0.446. The molecule has 0 spiro atoms. The Balaban J connectivity index is 1.80. The fraction of sp³-hybridized carbons (Fsp3) is 0.391. The molecular weight excluding hydrogens is 426 g/mol. The van der Waals surface area contributed by atoms with Gasteiger partial charge in [-0.2, -0.15) is 0 Å². The molecule has 3 N–H and O–H groups in total. The Hall–Kier alpha value is -3.82. The number of anilines is 1. The second-order valence-electron chi connectivity index (χ2n) is 8.72. The summed E-state index contributed by atoms with van der Waals surface area (Å²) in [6.07, 6.45) is 4.89. The summed E-state index contributed by atoms with van der Waals surface area (Å²) in [5, 5.41) is 15.7. The molecule has 0 saturated carbocycles. The van der Waals surface area contributed by atoms with Crippen LogP contribution in [0.3, 0.4) is 0 Å². The van der Waals surface area contributed by atoms with Gasteiger partial charge >= 0.3 is 12.1 Å². The lowest BCUT2D eigenvalue weighted by molar-refractivity contribution is 0.0526. The second-order valence-corrected chi connectivity index (χ2v) is 8.72. The van der Waals surface area contributed by atoms with Crippen molar-refractivity contribution in [1.29, 1.82) is 0 Å². The molecule has 10 nitrogen and oxygen atoms in total. The van der Waals surface area contributed by atoms with Crippen molar-refractivity contribution in [3.63, 3.8) is 0 Å². The smallest absolute Gasteiger partial charge is 0.407 e. The number of imidazole rings is 1. The van der Waals surface area contributed by atoms with E-state index in [1.807, 2.05) is 23.9 Å². The van der Waals surface area contributed by atoms with E-state index in [1.165, 1.54) is 6.20 Å². The SMILES string of the molecule is Cn1ccnc1NCc1ccc2c(=O)c(C(=O)O)cn(CCCNC(=O)OC(C)(C)C)c2c1. The normalized spacial score (nSPS) is 11.4. The van der Waals surface area contributed by atoms with E-state index in [2.05, 4.69) is 15.6 Å². The van der Waals surface area contributed by atoms with E-state index in [-0.39, 0.29) is 5.56 Å². The lowest BCUT2D eigenvalue weighted by Gasteiger charge is -2.20. The van der Waals surface area contributed by atoms with Crippen molar-refractivity contribution < 1.29 is 19.4 Å². The number of nitrogens with one attached hydrogen (secondary N) is 2. The fourth-order valence-electron chi connectivity index (χ4n) is 3.35. The van der Waals surface area contributed by atoms with E-state index in [4.69, 9.17) is 4.74 Å².